The molecular weight excluding hydrogens is 184 g/mol. The number of carbonyl (C=O) groups is 1. The molecule has 0 heterocycles. The van der Waals surface area contributed by atoms with Crippen molar-refractivity contribution in [2.24, 2.45) is 23.7 Å². The molecule has 0 aromatic heterocycles. The number of fused-ring (bicyclic) bond motifs is 2. The minimum absolute atomic E-state index is 0.462. The highest BCUT2D eigenvalue weighted by Gasteiger charge is 2.40. The van der Waals surface area contributed by atoms with E-state index in [0.717, 1.165) is 24.2 Å². The fourth-order valence-electron chi connectivity index (χ4n) is 4.30. The molecule has 1 heteroatoms. The molecule has 0 radical (unpaired) electrons. The van der Waals surface area contributed by atoms with Gasteiger partial charge in [-0.3, -0.25) is 4.79 Å². The summed E-state index contributed by atoms with van der Waals surface area (Å²) < 4.78 is 0. The highest BCUT2D eigenvalue weighted by Crippen LogP contribution is 2.50. The summed E-state index contributed by atoms with van der Waals surface area (Å²) in [5.41, 5.74) is 0. The summed E-state index contributed by atoms with van der Waals surface area (Å²) in [7, 11) is 0. The van der Waals surface area contributed by atoms with E-state index in [9.17, 15) is 4.79 Å². The molecule has 0 aromatic carbocycles. The van der Waals surface area contributed by atoms with Crippen LogP contribution in [0.15, 0.2) is 0 Å². The zero-order valence-electron chi connectivity index (χ0n) is 9.58. The van der Waals surface area contributed by atoms with Crippen LogP contribution in [0, 0.1) is 23.7 Å². The monoisotopic (exact) mass is 206 g/mol. The van der Waals surface area contributed by atoms with Crippen LogP contribution in [0.5, 0.6) is 0 Å². The second-order valence-corrected chi connectivity index (χ2v) is 6.09. The molecule has 3 unspecified atom stereocenters. The molecule has 3 aliphatic carbocycles. The molecular formula is C14H22O. The molecule has 84 valence electrons. The van der Waals surface area contributed by atoms with E-state index >= 15 is 0 Å². The molecule has 0 saturated heterocycles. The van der Waals surface area contributed by atoms with Crippen molar-refractivity contribution in [1.82, 2.24) is 0 Å². The van der Waals surface area contributed by atoms with Crippen molar-refractivity contribution >= 4 is 5.78 Å². The Labute approximate surface area is 92.6 Å². The highest BCUT2D eigenvalue weighted by molar-refractivity contribution is 5.81. The van der Waals surface area contributed by atoms with Crippen molar-refractivity contribution in [3.8, 4) is 0 Å². The molecule has 0 aliphatic heterocycles. The lowest BCUT2D eigenvalue weighted by Crippen LogP contribution is -2.19. The summed E-state index contributed by atoms with van der Waals surface area (Å²) in [5, 5.41) is 0. The van der Waals surface area contributed by atoms with Crippen LogP contribution in [0.4, 0.5) is 0 Å². The molecule has 3 saturated carbocycles. The molecule has 3 rings (SSSR count). The number of rotatable bonds is 3. The molecule has 15 heavy (non-hydrogen) atoms. The lowest BCUT2D eigenvalue weighted by Gasteiger charge is -2.22. The first-order valence-electron chi connectivity index (χ1n) is 6.85. The predicted molar refractivity (Wildman–Crippen MR) is 60.5 cm³/mol. The largest absolute Gasteiger partial charge is 0.299 e. The highest BCUT2D eigenvalue weighted by atomic mass is 16.1. The lowest BCUT2D eigenvalue weighted by atomic mass is 9.83. The topological polar surface area (TPSA) is 17.1 Å². The van der Waals surface area contributed by atoms with E-state index in [1.165, 1.54) is 51.4 Å². The van der Waals surface area contributed by atoms with Gasteiger partial charge in [-0.1, -0.05) is 19.3 Å². The smallest absolute Gasteiger partial charge is 0.136 e. The minimum atomic E-state index is 0.462. The van der Waals surface area contributed by atoms with Gasteiger partial charge in [-0.2, -0.15) is 0 Å². The van der Waals surface area contributed by atoms with Gasteiger partial charge in [0.25, 0.3) is 0 Å². The maximum atomic E-state index is 12.1. The summed E-state index contributed by atoms with van der Waals surface area (Å²) in [6.45, 7) is 0. The summed E-state index contributed by atoms with van der Waals surface area (Å²) in [5.74, 6) is 3.79. The van der Waals surface area contributed by atoms with Crippen molar-refractivity contribution in [1.29, 1.82) is 0 Å². The normalized spacial score (nSPS) is 40.1. The van der Waals surface area contributed by atoms with Gasteiger partial charge in [-0.25, -0.2) is 0 Å². The molecule has 0 spiro atoms. The number of ketones is 1. The van der Waals surface area contributed by atoms with Crippen LogP contribution in [-0.2, 0) is 4.79 Å². The van der Waals surface area contributed by atoms with Crippen LogP contribution in [0.1, 0.15) is 57.8 Å². The Morgan fingerprint density at radius 1 is 1.00 bits per heavy atom. The van der Waals surface area contributed by atoms with E-state index in [2.05, 4.69) is 0 Å². The van der Waals surface area contributed by atoms with Crippen LogP contribution in [0.3, 0.4) is 0 Å². The van der Waals surface area contributed by atoms with Crippen molar-refractivity contribution in [3.63, 3.8) is 0 Å². The van der Waals surface area contributed by atoms with E-state index in [1.54, 1.807) is 0 Å². The molecule has 1 nitrogen and oxygen atoms in total. The van der Waals surface area contributed by atoms with Crippen LogP contribution < -0.4 is 0 Å². The van der Waals surface area contributed by atoms with Crippen LogP contribution in [0.25, 0.3) is 0 Å². The third-order valence-corrected chi connectivity index (χ3v) is 5.16. The lowest BCUT2D eigenvalue weighted by molar-refractivity contribution is -0.124. The van der Waals surface area contributed by atoms with Gasteiger partial charge in [-0.15, -0.1) is 0 Å². The quantitative estimate of drug-likeness (QED) is 0.690. The molecule has 3 atom stereocenters. The van der Waals surface area contributed by atoms with Crippen LogP contribution >= 0.6 is 0 Å². The second-order valence-electron chi connectivity index (χ2n) is 6.09. The third-order valence-electron chi connectivity index (χ3n) is 5.16. The number of hydrogen-bond acceptors (Lipinski definition) is 1. The van der Waals surface area contributed by atoms with Gasteiger partial charge in [0.05, 0.1) is 0 Å². The summed E-state index contributed by atoms with van der Waals surface area (Å²) in [4.78, 5) is 12.1. The maximum Gasteiger partial charge on any atom is 0.136 e. The van der Waals surface area contributed by atoms with Gasteiger partial charge in [0.1, 0.15) is 5.78 Å². The Kier molecular flexibility index (Phi) is 2.58. The average Bonchev–Trinajstić information content (AvgIpc) is 2.95. The fourth-order valence-corrected chi connectivity index (χ4v) is 4.30. The molecule has 0 aromatic rings. The van der Waals surface area contributed by atoms with E-state index in [1.807, 2.05) is 0 Å². The Hall–Kier alpha value is -0.330. The molecule has 3 fully saturated rings. The van der Waals surface area contributed by atoms with Crippen LogP contribution in [-0.4, -0.2) is 5.78 Å². The summed E-state index contributed by atoms with van der Waals surface area (Å²) in [6.07, 6.45) is 11.6. The summed E-state index contributed by atoms with van der Waals surface area (Å²) in [6, 6.07) is 0. The molecule has 0 N–H and O–H groups in total. The molecule has 2 bridgehead atoms. The zero-order valence-corrected chi connectivity index (χ0v) is 9.58. The first-order valence-corrected chi connectivity index (χ1v) is 6.85. The Balaban J connectivity index is 1.54. The van der Waals surface area contributed by atoms with E-state index in [-0.39, 0.29) is 0 Å². The van der Waals surface area contributed by atoms with Crippen molar-refractivity contribution in [2.75, 3.05) is 0 Å². The Bertz CT molecular complexity index is 252. The molecule has 3 aliphatic rings. The third kappa shape index (κ3) is 1.86. The Morgan fingerprint density at radius 2 is 1.80 bits per heavy atom. The van der Waals surface area contributed by atoms with E-state index in [4.69, 9.17) is 0 Å². The minimum Gasteiger partial charge on any atom is -0.299 e. The fraction of sp³-hybridized carbons (Fsp3) is 0.929. The van der Waals surface area contributed by atoms with Crippen molar-refractivity contribution < 1.29 is 4.79 Å². The standard InChI is InChI=1S/C14H22O/c15-14(11-3-1-2-4-11)9-13-8-10-5-6-12(13)7-10/h10-13H,1-9H2. The van der Waals surface area contributed by atoms with Crippen molar-refractivity contribution in [2.45, 2.75) is 57.8 Å². The first kappa shape index (κ1) is 9.86. The number of hydrogen-bond donors (Lipinski definition) is 0. The van der Waals surface area contributed by atoms with E-state index in [0.29, 0.717) is 11.7 Å². The summed E-state index contributed by atoms with van der Waals surface area (Å²) >= 11 is 0. The van der Waals surface area contributed by atoms with Gasteiger partial charge >= 0.3 is 0 Å². The van der Waals surface area contributed by atoms with Gasteiger partial charge in [-0.05, 0) is 49.9 Å². The van der Waals surface area contributed by atoms with Gasteiger partial charge in [0, 0.05) is 12.3 Å². The second kappa shape index (κ2) is 3.92. The maximum absolute atomic E-state index is 12.1. The first-order chi connectivity index (χ1) is 7.33. The SMILES string of the molecule is O=C(CC1CC2CCC1C2)C1CCCC1. The Morgan fingerprint density at radius 3 is 2.40 bits per heavy atom. The van der Waals surface area contributed by atoms with Gasteiger partial charge < -0.3 is 0 Å². The molecule has 0 amide bonds. The predicted octanol–water partition coefficient (Wildman–Crippen LogP) is 3.57. The number of Topliss-reactive ketones (excluding diaryl/α,β-unsaturated/α-hetero) is 1. The van der Waals surface area contributed by atoms with Crippen molar-refractivity contribution in [3.05, 3.63) is 0 Å². The zero-order chi connectivity index (χ0) is 10.3. The van der Waals surface area contributed by atoms with Gasteiger partial charge in [0.15, 0.2) is 0 Å². The number of carbonyl (C=O) groups excluding carboxylic acids is 1. The van der Waals surface area contributed by atoms with E-state index < -0.39 is 0 Å². The van der Waals surface area contributed by atoms with Gasteiger partial charge in [0.2, 0.25) is 0 Å². The van der Waals surface area contributed by atoms with Crippen LogP contribution in [0.2, 0.25) is 0 Å². The average molecular weight is 206 g/mol.